The Balaban J connectivity index is 4.56. The number of nitrogens with zero attached hydrogens (tertiary/aromatic N) is 1. The second-order valence-corrected chi connectivity index (χ2v) is 5.37. The molecule has 0 rings (SSSR count). The van der Waals surface area contributed by atoms with Gasteiger partial charge in [-0.05, 0) is 26.7 Å². The van der Waals surface area contributed by atoms with Crippen LogP contribution >= 0.6 is 0 Å². The van der Waals surface area contributed by atoms with Crippen molar-refractivity contribution in [3.05, 3.63) is 0 Å². The molecule has 2 N–H and O–H groups in total. The van der Waals surface area contributed by atoms with E-state index in [-0.39, 0.29) is 11.6 Å². The molecular formula is C14H32N2O2. The first-order valence-corrected chi connectivity index (χ1v) is 6.96. The van der Waals surface area contributed by atoms with E-state index in [4.69, 9.17) is 15.2 Å². The SMILES string of the molecule is CCC(CC)N(CCOC)CC(N)C(C)(C)OC. The zero-order valence-electron chi connectivity index (χ0n) is 13.0. The quantitative estimate of drug-likeness (QED) is 0.651. The Kier molecular flexibility index (Phi) is 8.78. The van der Waals surface area contributed by atoms with Crippen molar-refractivity contribution in [1.29, 1.82) is 0 Å². The lowest BCUT2D eigenvalue weighted by atomic mass is 9.97. The van der Waals surface area contributed by atoms with Gasteiger partial charge in [0.1, 0.15) is 0 Å². The van der Waals surface area contributed by atoms with E-state index in [0.717, 1.165) is 32.5 Å². The lowest BCUT2D eigenvalue weighted by Gasteiger charge is -2.37. The third-order valence-electron chi connectivity index (χ3n) is 3.89. The molecule has 0 aliphatic carbocycles. The summed E-state index contributed by atoms with van der Waals surface area (Å²) in [5, 5.41) is 0. The molecule has 18 heavy (non-hydrogen) atoms. The van der Waals surface area contributed by atoms with Crippen LogP contribution in [0.3, 0.4) is 0 Å². The van der Waals surface area contributed by atoms with Crippen LogP contribution < -0.4 is 5.73 Å². The first kappa shape index (κ1) is 17.8. The predicted octanol–water partition coefficient (Wildman–Crippen LogP) is 1.88. The molecule has 0 bridgehead atoms. The smallest absolute Gasteiger partial charge is 0.0785 e. The molecule has 4 heteroatoms. The molecule has 1 atom stereocenters. The van der Waals surface area contributed by atoms with Crippen molar-refractivity contribution in [3.63, 3.8) is 0 Å². The zero-order valence-corrected chi connectivity index (χ0v) is 13.0. The van der Waals surface area contributed by atoms with E-state index in [2.05, 4.69) is 18.7 Å². The lowest BCUT2D eigenvalue weighted by molar-refractivity contribution is -0.0151. The highest BCUT2D eigenvalue weighted by Gasteiger charge is 2.29. The van der Waals surface area contributed by atoms with Gasteiger partial charge in [0, 0.05) is 39.4 Å². The minimum Gasteiger partial charge on any atom is -0.383 e. The fraction of sp³-hybridized carbons (Fsp3) is 1.00. The van der Waals surface area contributed by atoms with Crippen LogP contribution in [0.1, 0.15) is 40.5 Å². The number of ether oxygens (including phenoxy) is 2. The van der Waals surface area contributed by atoms with Crippen LogP contribution in [0.2, 0.25) is 0 Å². The maximum Gasteiger partial charge on any atom is 0.0785 e. The second kappa shape index (κ2) is 8.86. The van der Waals surface area contributed by atoms with Crippen molar-refractivity contribution in [3.8, 4) is 0 Å². The van der Waals surface area contributed by atoms with Crippen molar-refractivity contribution in [2.24, 2.45) is 5.73 Å². The van der Waals surface area contributed by atoms with Gasteiger partial charge in [-0.1, -0.05) is 13.8 Å². The van der Waals surface area contributed by atoms with E-state index in [9.17, 15) is 0 Å². The summed E-state index contributed by atoms with van der Waals surface area (Å²) >= 11 is 0. The highest BCUT2D eigenvalue weighted by atomic mass is 16.5. The van der Waals surface area contributed by atoms with Crippen molar-refractivity contribution in [2.45, 2.75) is 58.2 Å². The highest BCUT2D eigenvalue weighted by Crippen LogP contribution is 2.16. The lowest BCUT2D eigenvalue weighted by Crippen LogP contribution is -2.54. The van der Waals surface area contributed by atoms with Crippen LogP contribution in [0, 0.1) is 0 Å². The van der Waals surface area contributed by atoms with Gasteiger partial charge in [0.15, 0.2) is 0 Å². The molecule has 0 saturated heterocycles. The van der Waals surface area contributed by atoms with E-state index in [1.807, 2.05) is 13.8 Å². The number of nitrogens with two attached hydrogens (primary N) is 1. The maximum absolute atomic E-state index is 6.27. The van der Waals surface area contributed by atoms with Gasteiger partial charge < -0.3 is 15.2 Å². The maximum atomic E-state index is 6.27. The summed E-state index contributed by atoms with van der Waals surface area (Å²) in [6.45, 7) is 11.0. The van der Waals surface area contributed by atoms with Crippen molar-refractivity contribution in [2.75, 3.05) is 33.9 Å². The van der Waals surface area contributed by atoms with Crippen molar-refractivity contribution >= 4 is 0 Å². The van der Waals surface area contributed by atoms with Gasteiger partial charge in [-0.2, -0.15) is 0 Å². The monoisotopic (exact) mass is 260 g/mol. The first-order valence-electron chi connectivity index (χ1n) is 6.96. The summed E-state index contributed by atoms with van der Waals surface area (Å²) in [6, 6.07) is 0.568. The number of hydrogen-bond acceptors (Lipinski definition) is 4. The van der Waals surface area contributed by atoms with Crippen molar-refractivity contribution < 1.29 is 9.47 Å². The molecule has 4 nitrogen and oxygen atoms in total. The Morgan fingerprint density at radius 2 is 1.72 bits per heavy atom. The molecule has 0 aliphatic heterocycles. The van der Waals surface area contributed by atoms with Crippen LogP contribution in [-0.2, 0) is 9.47 Å². The average Bonchev–Trinajstić information content (AvgIpc) is 2.36. The summed E-state index contributed by atoms with van der Waals surface area (Å²) < 4.78 is 10.7. The summed E-state index contributed by atoms with van der Waals surface area (Å²) in [5.41, 5.74) is 5.98. The van der Waals surface area contributed by atoms with Gasteiger partial charge in [0.25, 0.3) is 0 Å². The van der Waals surface area contributed by atoms with Gasteiger partial charge in [0.2, 0.25) is 0 Å². The highest BCUT2D eigenvalue weighted by molar-refractivity contribution is 4.86. The van der Waals surface area contributed by atoms with Crippen LogP contribution in [-0.4, -0.2) is 56.5 Å². The Morgan fingerprint density at radius 3 is 2.11 bits per heavy atom. The normalized spacial score (nSPS) is 14.5. The third kappa shape index (κ3) is 5.65. The van der Waals surface area contributed by atoms with Crippen LogP contribution in [0.15, 0.2) is 0 Å². The van der Waals surface area contributed by atoms with Gasteiger partial charge in [0.05, 0.1) is 12.2 Å². The van der Waals surface area contributed by atoms with E-state index < -0.39 is 0 Å². The van der Waals surface area contributed by atoms with Gasteiger partial charge >= 0.3 is 0 Å². The molecule has 0 aliphatic rings. The molecule has 0 aromatic heterocycles. The molecule has 0 aromatic rings. The fourth-order valence-electron chi connectivity index (χ4n) is 2.06. The topological polar surface area (TPSA) is 47.7 Å². The van der Waals surface area contributed by atoms with E-state index >= 15 is 0 Å². The molecular weight excluding hydrogens is 228 g/mol. The summed E-state index contributed by atoms with van der Waals surface area (Å²) in [5.74, 6) is 0. The second-order valence-electron chi connectivity index (χ2n) is 5.37. The molecule has 110 valence electrons. The largest absolute Gasteiger partial charge is 0.383 e. The number of methoxy groups -OCH3 is 2. The Morgan fingerprint density at radius 1 is 1.17 bits per heavy atom. The summed E-state index contributed by atoms with van der Waals surface area (Å²) in [6.07, 6.45) is 2.28. The predicted molar refractivity (Wildman–Crippen MR) is 76.9 cm³/mol. The van der Waals surface area contributed by atoms with Gasteiger partial charge in [-0.3, -0.25) is 4.90 Å². The Labute approximate surface area is 113 Å². The summed E-state index contributed by atoms with van der Waals surface area (Å²) in [7, 11) is 3.46. The first-order chi connectivity index (χ1) is 8.42. The standard InChI is InChI=1S/C14H32N2O2/c1-7-12(8-2)16(9-10-17-5)11-13(15)14(3,4)18-6/h12-13H,7-11,15H2,1-6H3. The summed E-state index contributed by atoms with van der Waals surface area (Å²) in [4.78, 5) is 2.43. The van der Waals surface area contributed by atoms with Crippen LogP contribution in [0.5, 0.6) is 0 Å². The van der Waals surface area contributed by atoms with Crippen molar-refractivity contribution in [1.82, 2.24) is 4.90 Å². The molecule has 0 fully saturated rings. The minimum absolute atomic E-state index is 0.0000406. The number of rotatable bonds is 10. The molecule has 0 aromatic carbocycles. The van der Waals surface area contributed by atoms with E-state index in [1.54, 1.807) is 14.2 Å². The van der Waals surface area contributed by atoms with Crippen LogP contribution in [0.4, 0.5) is 0 Å². The number of hydrogen-bond donors (Lipinski definition) is 1. The van der Waals surface area contributed by atoms with Gasteiger partial charge in [-0.25, -0.2) is 0 Å². The third-order valence-corrected chi connectivity index (χ3v) is 3.89. The minimum atomic E-state index is -0.294. The molecule has 0 heterocycles. The van der Waals surface area contributed by atoms with E-state index in [1.165, 1.54) is 0 Å². The molecule has 0 spiro atoms. The molecule has 0 amide bonds. The Bertz CT molecular complexity index is 206. The average molecular weight is 260 g/mol. The van der Waals surface area contributed by atoms with Crippen LogP contribution in [0.25, 0.3) is 0 Å². The Hall–Kier alpha value is -0.160. The van der Waals surface area contributed by atoms with Gasteiger partial charge in [-0.15, -0.1) is 0 Å². The molecule has 0 radical (unpaired) electrons. The molecule has 1 unspecified atom stereocenters. The molecule has 0 saturated carbocycles. The zero-order chi connectivity index (χ0) is 14.2. The fourth-order valence-corrected chi connectivity index (χ4v) is 2.06. The van der Waals surface area contributed by atoms with E-state index in [0.29, 0.717) is 6.04 Å².